The van der Waals surface area contributed by atoms with E-state index < -0.39 is 17.9 Å². The van der Waals surface area contributed by atoms with Gasteiger partial charge in [0.25, 0.3) is 0 Å². The third-order valence-corrected chi connectivity index (χ3v) is 3.51. The zero-order valence-electron chi connectivity index (χ0n) is 9.23. The number of rotatable bonds is 5. The molecule has 0 spiro atoms. The predicted octanol–water partition coefficient (Wildman–Crippen LogP) is 1.73. The Kier molecular flexibility index (Phi) is 4.49. The topological polar surface area (TPSA) is 63.6 Å². The van der Waals surface area contributed by atoms with Gasteiger partial charge in [0.15, 0.2) is 5.92 Å². The predicted molar refractivity (Wildman–Crippen MR) is 60.5 cm³/mol. The first-order valence-electron chi connectivity index (χ1n) is 4.96. The van der Waals surface area contributed by atoms with Crippen molar-refractivity contribution in [1.29, 1.82) is 0 Å². The number of carbonyl (C=O) groups is 2. The second kappa shape index (κ2) is 5.65. The van der Waals surface area contributed by atoms with Gasteiger partial charge in [0.1, 0.15) is 0 Å². The first kappa shape index (κ1) is 12.7. The van der Waals surface area contributed by atoms with Gasteiger partial charge in [-0.05, 0) is 18.6 Å². The fraction of sp³-hybridized carbons (Fsp3) is 0.455. The molecule has 0 saturated carbocycles. The maximum Gasteiger partial charge on any atom is 0.320 e. The normalized spacial score (nSPS) is 12.1. The Labute approximate surface area is 97.9 Å². The highest BCUT2D eigenvalue weighted by atomic mass is 32.1. The summed E-state index contributed by atoms with van der Waals surface area (Å²) >= 11 is 1.54. The average molecular weight is 242 g/mol. The zero-order chi connectivity index (χ0) is 12.1. The van der Waals surface area contributed by atoms with E-state index in [2.05, 4.69) is 4.74 Å². The standard InChI is InChI=1S/C11H14O4S/c1-3-7-4-5-8(16-7)6-9(10(12)13)11(14)15-2/h4-5,9H,3,6H2,1-2H3,(H,12,13). The first-order chi connectivity index (χ1) is 7.58. The lowest BCUT2D eigenvalue weighted by atomic mass is 10.1. The number of aliphatic carboxylic acids is 1. The smallest absolute Gasteiger partial charge is 0.320 e. The van der Waals surface area contributed by atoms with Crippen LogP contribution in [0.25, 0.3) is 0 Å². The van der Waals surface area contributed by atoms with Gasteiger partial charge < -0.3 is 9.84 Å². The Bertz CT molecular complexity index is 383. The molecule has 0 radical (unpaired) electrons. The zero-order valence-corrected chi connectivity index (χ0v) is 10.0. The highest BCUT2D eigenvalue weighted by Crippen LogP contribution is 2.21. The van der Waals surface area contributed by atoms with Crippen molar-refractivity contribution in [2.75, 3.05) is 7.11 Å². The van der Waals surface area contributed by atoms with E-state index in [9.17, 15) is 9.59 Å². The van der Waals surface area contributed by atoms with Gasteiger partial charge in [0.2, 0.25) is 0 Å². The van der Waals surface area contributed by atoms with Crippen LogP contribution in [0, 0.1) is 5.92 Å². The Hall–Kier alpha value is -1.36. The van der Waals surface area contributed by atoms with Crippen molar-refractivity contribution in [2.45, 2.75) is 19.8 Å². The summed E-state index contributed by atoms with van der Waals surface area (Å²) < 4.78 is 4.46. The Morgan fingerprint density at radius 3 is 2.50 bits per heavy atom. The molecule has 1 aromatic heterocycles. The van der Waals surface area contributed by atoms with E-state index in [1.54, 1.807) is 0 Å². The molecule has 1 unspecified atom stereocenters. The summed E-state index contributed by atoms with van der Waals surface area (Å²) in [5.74, 6) is -2.94. The van der Waals surface area contributed by atoms with Crippen LogP contribution in [0.1, 0.15) is 16.7 Å². The van der Waals surface area contributed by atoms with Crippen molar-refractivity contribution in [3.05, 3.63) is 21.9 Å². The molecule has 1 heterocycles. The summed E-state index contributed by atoms with van der Waals surface area (Å²) in [6.07, 6.45) is 1.12. The van der Waals surface area contributed by atoms with Crippen molar-refractivity contribution in [3.63, 3.8) is 0 Å². The Morgan fingerprint density at radius 1 is 1.44 bits per heavy atom. The monoisotopic (exact) mass is 242 g/mol. The van der Waals surface area contributed by atoms with Crippen LogP contribution >= 0.6 is 11.3 Å². The SMILES string of the molecule is CCc1ccc(CC(C(=O)O)C(=O)OC)s1. The van der Waals surface area contributed by atoms with Crippen LogP contribution in [-0.4, -0.2) is 24.2 Å². The van der Waals surface area contributed by atoms with Crippen LogP contribution in [-0.2, 0) is 27.2 Å². The molecule has 0 fully saturated rings. The van der Waals surface area contributed by atoms with Gasteiger partial charge in [0, 0.05) is 16.2 Å². The molecule has 4 nitrogen and oxygen atoms in total. The lowest BCUT2D eigenvalue weighted by Gasteiger charge is -2.07. The van der Waals surface area contributed by atoms with Crippen LogP contribution in [0.4, 0.5) is 0 Å². The Morgan fingerprint density at radius 2 is 2.06 bits per heavy atom. The molecule has 0 aliphatic rings. The number of carboxylic acid groups (broad SMARTS) is 1. The van der Waals surface area contributed by atoms with E-state index in [0.717, 1.165) is 11.3 Å². The number of carbonyl (C=O) groups excluding carboxylic acids is 1. The molecule has 1 N–H and O–H groups in total. The molecule has 0 saturated heterocycles. The molecule has 1 aromatic rings. The molecular formula is C11H14O4S. The number of hydrogen-bond acceptors (Lipinski definition) is 4. The summed E-state index contributed by atoms with van der Waals surface area (Å²) in [6.45, 7) is 2.03. The number of ether oxygens (including phenoxy) is 1. The number of esters is 1. The van der Waals surface area contributed by atoms with Crippen LogP contribution in [0.15, 0.2) is 12.1 Å². The largest absolute Gasteiger partial charge is 0.481 e. The van der Waals surface area contributed by atoms with Gasteiger partial charge in [-0.1, -0.05) is 6.92 Å². The number of methoxy groups -OCH3 is 1. The number of aryl methyl sites for hydroxylation is 1. The molecule has 16 heavy (non-hydrogen) atoms. The van der Waals surface area contributed by atoms with Crippen molar-refractivity contribution in [3.8, 4) is 0 Å². The van der Waals surface area contributed by atoms with Gasteiger partial charge >= 0.3 is 11.9 Å². The molecule has 1 atom stereocenters. The van der Waals surface area contributed by atoms with Gasteiger partial charge in [-0.15, -0.1) is 11.3 Å². The molecule has 0 amide bonds. The second-order valence-electron chi connectivity index (χ2n) is 3.34. The molecule has 0 aliphatic heterocycles. The number of hydrogen-bond donors (Lipinski definition) is 1. The lowest BCUT2D eigenvalue weighted by Crippen LogP contribution is -2.26. The van der Waals surface area contributed by atoms with E-state index in [4.69, 9.17) is 5.11 Å². The third-order valence-electron chi connectivity index (χ3n) is 2.25. The quantitative estimate of drug-likeness (QED) is 0.631. The summed E-state index contributed by atoms with van der Waals surface area (Å²) in [5, 5.41) is 8.90. The Balaban J connectivity index is 2.75. The first-order valence-corrected chi connectivity index (χ1v) is 5.78. The maximum atomic E-state index is 11.2. The van der Waals surface area contributed by atoms with Gasteiger partial charge in [0.05, 0.1) is 7.11 Å². The minimum absolute atomic E-state index is 0.201. The van der Waals surface area contributed by atoms with Crippen LogP contribution < -0.4 is 0 Å². The fourth-order valence-electron chi connectivity index (χ4n) is 1.34. The molecule has 1 rings (SSSR count). The van der Waals surface area contributed by atoms with Crippen LogP contribution in [0.2, 0.25) is 0 Å². The minimum atomic E-state index is -1.14. The summed E-state index contributed by atoms with van der Waals surface area (Å²) in [5.41, 5.74) is 0. The highest BCUT2D eigenvalue weighted by Gasteiger charge is 2.27. The van der Waals surface area contributed by atoms with E-state index in [0.29, 0.717) is 0 Å². The fourth-order valence-corrected chi connectivity index (χ4v) is 2.34. The van der Waals surface area contributed by atoms with E-state index in [-0.39, 0.29) is 6.42 Å². The molecule has 0 aliphatic carbocycles. The molecule has 0 bridgehead atoms. The van der Waals surface area contributed by atoms with Crippen LogP contribution in [0.5, 0.6) is 0 Å². The van der Waals surface area contributed by atoms with Gasteiger partial charge in [-0.2, -0.15) is 0 Å². The third kappa shape index (κ3) is 3.06. The van der Waals surface area contributed by atoms with E-state index in [1.165, 1.54) is 23.3 Å². The summed E-state index contributed by atoms with van der Waals surface area (Å²) in [4.78, 5) is 24.2. The molecule has 88 valence electrons. The second-order valence-corrected chi connectivity index (χ2v) is 4.59. The molecule has 5 heteroatoms. The molecular weight excluding hydrogens is 228 g/mol. The minimum Gasteiger partial charge on any atom is -0.481 e. The molecule has 0 aromatic carbocycles. The van der Waals surface area contributed by atoms with E-state index >= 15 is 0 Å². The van der Waals surface area contributed by atoms with Crippen LogP contribution in [0.3, 0.4) is 0 Å². The number of thiophene rings is 1. The van der Waals surface area contributed by atoms with Gasteiger partial charge in [-0.3, -0.25) is 9.59 Å². The number of carboxylic acids is 1. The van der Waals surface area contributed by atoms with Crippen molar-refractivity contribution < 1.29 is 19.4 Å². The van der Waals surface area contributed by atoms with Crippen molar-refractivity contribution in [1.82, 2.24) is 0 Å². The van der Waals surface area contributed by atoms with Crippen molar-refractivity contribution in [2.24, 2.45) is 5.92 Å². The van der Waals surface area contributed by atoms with E-state index in [1.807, 2.05) is 19.1 Å². The van der Waals surface area contributed by atoms with Crippen molar-refractivity contribution >= 4 is 23.3 Å². The summed E-state index contributed by atoms with van der Waals surface area (Å²) in [7, 11) is 1.20. The highest BCUT2D eigenvalue weighted by molar-refractivity contribution is 7.12. The summed E-state index contributed by atoms with van der Waals surface area (Å²) in [6, 6.07) is 3.82. The maximum absolute atomic E-state index is 11.2. The average Bonchev–Trinajstić information content (AvgIpc) is 2.72. The lowest BCUT2D eigenvalue weighted by molar-refractivity contribution is -0.156. The van der Waals surface area contributed by atoms with Gasteiger partial charge in [-0.25, -0.2) is 0 Å².